The summed E-state index contributed by atoms with van der Waals surface area (Å²) in [4.78, 5) is 29.9. The lowest BCUT2D eigenvalue weighted by molar-refractivity contribution is 1.08. The minimum atomic E-state index is 0.615. The summed E-state index contributed by atoms with van der Waals surface area (Å²) in [6.07, 6.45) is 1.78. The summed E-state index contributed by atoms with van der Waals surface area (Å²) in [5, 5.41) is 3.05. The molecule has 6 nitrogen and oxygen atoms in total. The summed E-state index contributed by atoms with van der Waals surface area (Å²) < 4.78 is 2.27. The first-order valence-electron chi connectivity index (χ1n) is 15.3. The Bertz CT molecular complexity index is 2510. The van der Waals surface area contributed by atoms with Crippen LogP contribution in [0.2, 0.25) is 0 Å². The molecule has 0 aliphatic heterocycles. The van der Waals surface area contributed by atoms with Crippen LogP contribution in [0.15, 0.2) is 146 Å². The van der Waals surface area contributed by atoms with Crippen LogP contribution >= 0.6 is 11.3 Å². The van der Waals surface area contributed by atoms with E-state index in [9.17, 15) is 0 Å². The van der Waals surface area contributed by atoms with Gasteiger partial charge < -0.3 is 0 Å². The molecule has 0 unspecified atom stereocenters. The molecule has 0 saturated carbocycles. The minimum Gasteiger partial charge on any atom is -0.236 e. The van der Waals surface area contributed by atoms with Crippen LogP contribution < -0.4 is 0 Å². The molecule has 0 atom stereocenters. The number of thiophene rings is 1. The van der Waals surface area contributed by atoms with Crippen molar-refractivity contribution in [1.29, 1.82) is 0 Å². The molecule has 0 N–H and O–H groups in total. The summed E-state index contributed by atoms with van der Waals surface area (Å²) >= 11 is 1.74. The van der Waals surface area contributed by atoms with Gasteiger partial charge in [-0.05, 0) is 24.3 Å². The SMILES string of the molecule is c1ccc(-c2nc(-c3ccccc3)nc(-c3cccc4sc5cccc(-c6nc(-c7ccccc7)c7cccnc7n6)c5c34)n2)cc1. The Morgan fingerprint density at radius 1 is 0.383 bits per heavy atom. The summed E-state index contributed by atoms with van der Waals surface area (Å²) in [6, 6.07) is 47.0. The highest BCUT2D eigenvalue weighted by atomic mass is 32.1. The van der Waals surface area contributed by atoms with Crippen LogP contribution in [-0.2, 0) is 0 Å². The Balaban J connectivity index is 1.32. The molecule has 47 heavy (non-hydrogen) atoms. The molecule has 0 spiro atoms. The lowest BCUT2D eigenvalue weighted by Crippen LogP contribution is -2.00. The number of nitrogens with zero attached hydrogens (tertiary/aromatic N) is 6. The zero-order valence-corrected chi connectivity index (χ0v) is 25.8. The van der Waals surface area contributed by atoms with Gasteiger partial charge in [0.1, 0.15) is 0 Å². The highest BCUT2D eigenvalue weighted by molar-refractivity contribution is 7.26. The van der Waals surface area contributed by atoms with E-state index in [0.717, 1.165) is 59.1 Å². The van der Waals surface area contributed by atoms with Gasteiger partial charge in [-0.25, -0.2) is 29.9 Å². The summed E-state index contributed by atoms with van der Waals surface area (Å²) in [5.41, 5.74) is 6.26. The first kappa shape index (κ1) is 27.2. The van der Waals surface area contributed by atoms with Gasteiger partial charge in [0.25, 0.3) is 0 Å². The lowest BCUT2D eigenvalue weighted by Gasteiger charge is -2.11. The van der Waals surface area contributed by atoms with Crippen molar-refractivity contribution in [1.82, 2.24) is 29.9 Å². The van der Waals surface area contributed by atoms with Crippen molar-refractivity contribution in [2.24, 2.45) is 0 Å². The van der Waals surface area contributed by atoms with Crippen LogP contribution in [0, 0.1) is 0 Å². The fourth-order valence-electron chi connectivity index (χ4n) is 6.07. The van der Waals surface area contributed by atoms with E-state index in [0.29, 0.717) is 28.9 Å². The zero-order valence-electron chi connectivity index (χ0n) is 24.9. The Morgan fingerprint density at radius 3 is 1.47 bits per heavy atom. The number of pyridine rings is 1. The minimum absolute atomic E-state index is 0.615. The molecule has 0 fully saturated rings. The smallest absolute Gasteiger partial charge is 0.164 e. The van der Waals surface area contributed by atoms with Gasteiger partial charge in [0.05, 0.1) is 5.69 Å². The molecule has 9 aromatic rings. The number of aromatic nitrogens is 6. The third-order valence-corrected chi connectivity index (χ3v) is 9.34. The van der Waals surface area contributed by atoms with Gasteiger partial charge >= 0.3 is 0 Å². The van der Waals surface area contributed by atoms with Crippen LogP contribution in [0.4, 0.5) is 0 Å². The molecule has 5 aromatic carbocycles. The van der Waals surface area contributed by atoms with E-state index < -0.39 is 0 Å². The molecular formula is C40H24N6S. The van der Waals surface area contributed by atoms with E-state index in [2.05, 4.69) is 53.5 Å². The highest BCUT2D eigenvalue weighted by Gasteiger charge is 2.21. The van der Waals surface area contributed by atoms with Crippen molar-refractivity contribution in [2.45, 2.75) is 0 Å². The quantitative estimate of drug-likeness (QED) is 0.191. The van der Waals surface area contributed by atoms with Crippen molar-refractivity contribution >= 4 is 42.5 Å². The van der Waals surface area contributed by atoms with Gasteiger partial charge in [0.15, 0.2) is 28.9 Å². The predicted molar refractivity (Wildman–Crippen MR) is 191 cm³/mol. The average molecular weight is 621 g/mol. The van der Waals surface area contributed by atoms with E-state index in [1.54, 1.807) is 17.5 Å². The molecule has 0 radical (unpaired) electrons. The van der Waals surface area contributed by atoms with Crippen LogP contribution in [0.3, 0.4) is 0 Å². The molecule has 4 aromatic heterocycles. The number of hydrogen-bond acceptors (Lipinski definition) is 7. The number of benzene rings is 5. The van der Waals surface area contributed by atoms with Gasteiger partial charge in [-0.3, -0.25) is 0 Å². The first-order valence-corrected chi connectivity index (χ1v) is 16.1. The second-order valence-corrected chi connectivity index (χ2v) is 12.2. The van der Waals surface area contributed by atoms with Gasteiger partial charge in [0.2, 0.25) is 0 Å². The molecule has 0 bridgehead atoms. The average Bonchev–Trinajstić information content (AvgIpc) is 3.54. The Hall–Kier alpha value is -6.18. The normalized spacial score (nSPS) is 11.4. The van der Waals surface area contributed by atoms with Gasteiger partial charge in [-0.2, -0.15) is 0 Å². The van der Waals surface area contributed by atoms with Crippen molar-refractivity contribution < 1.29 is 0 Å². The standard InChI is InChI=1S/C40H24N6S/c1-4-13-25(14-5-1)35-30-21-12-24-41-38(30)46-39(42-35)28-19-10-22-31-33(28)34-29(20-11-23-32(34)47-31)40-44-36(26-15-6-2-7-16-26)43-37(45-40)27-17-8-3-9-18-27/h1-24H. The fourth-order valence-corrected chi connectivity index (χ4v) is 7.23. The summed E-state index contributed by atoms with van der Waals surface area (Å²) in [6.45, 7) is 0. The monoisotopic (exact) mass is 620 g/mol. The van der Waals surface area contributed by atoms with Crippen LogP contribution in [0.5, 0.6) is 0 Å². The van der Waals surface area contributed by atoms with Gasteiger partial charge in [0, 0.05) is 59.6 Å². The van der Waals surface area contributed by atoms with E-state index >= 15 is 0 Å². The van der Waals surface area contributed by atoms with Crippen molar-refractivity contribution in [3.05, 3.63) is 146 Å². The Kier molecular flexibility index (Phi) is 6.54. The summed E-state index contributed by atoms with van der Waals surface area (Å²) in [7, 11) is 0. The van der Waals surface area contributed by atoms with Crippen LogP contribution in [0.25, 0.3) is 88.0 Å². The maximum atomic E-state index is 5.20. The maximum absolute atomic E-state index is 5.20. The fraction of sp³-hybridized carbons (Fsp3) is 0. The molecule has 4 heterocycles. The first-order chi connectivity index (χ1) is 23.3. The van der Waals surface area contributed by atoms with Gasteiger partial charge in [-0.1, -0.05) is 115 Å². The molecular weight excluding hydrogens is 597 g/mol. The molecule has 7 heteroatoms. The molecule has 220 valence electrons. The van der Waals surface area contributed by atoms with E-state index in [-0.39, 0.29) is 0 Å². The van der Waals surface area contributed by atoms with Crippen molar-refractivity contribution in [3.63, 3.8) is 0 Å². The lowest BCUT2D eigenvalue weighted by atomic mass is 10.0. The number of hydrogen-bond donors (Lipinski definition) is 0. The third-order valence-electron chi connectivity index (χ3n) is 8.22. The molecule has 9 rings (SSSR count). The number of fused-ring (bicyclic) bond motifs is 4. The molecule has 0 saturated heterocycles. The number of rotatable bonds is 5. The molecule has 0 amide bonds. The third kappa shape index (κ3) is 4.81. The topological polar surface area (TPSA) is 77.3 Å². The highest BCUT2D eigenvalue weighted by Crippen LogP contribution is 2.44. The Labute approximate surface area is 274 Å². The largest absolute Gasteiger partial charge is 0.236 e. The van der Waals surface area contributed by atoms with Crippen LogP contribution in [-0.4, -0.2) is 29.9 Å². The zero-order chi connectivity index (χ0) is 31.2. The van der Waals surface area contributed by atoms with Crippen LogP contribution in [0.1, 0.15) is 0 Å². The van der Waals surface area contributed by atoms with Crippen molar-refractivity contribution in [2.75, 3.05) is 0 Å². The summed E-state index contributed by atoms with van der Waals surface area (Å²) in [5.74, 6) is 2.50. The molecule has 0 aliphatic rings. The second kappa shape index (κ2) is 11.3. The Morgan fingerprint density at radius 2 is 0.894 bits per heavy atom. The maximum Gasteiger partial charge on any atom is 0.164 e. The predicted octanol–water partition coefficient (Wildman–Crippen LogP) is 9.91. The second-order valence-electron chi connectivity index (χ2n) is 11.1. The van der Waals surface area contributed by atoms with E-state index in [4.69, 9.17) is 24.9 Å². The van der Waals surface area contributed by atoms with Crippen molar-refractivity contribution in [3.8, 4) is 56.8 Å². The van der Waals surface area contributed by atoms with Gasteiger partial charge in [-0.15, -0.1) is 11.3 Å². The van der Waals surface area contributed by atoms with E-state index in [1.807, 2.05) is 91.0 Å². The van der Waals surface area contributed by atoms with E-state index in [1.165, 1.54) is 0 Å². The molecule has 0 aliphatic carbocycles.